The first kappa shape index (κ1) is 14.9. The molecule has 0 aromatic heterocycles. The Morgan fingerprint density at radius 2 is 2.19 bits per heavy atom. The zero-order chi connectivity index (χ0) is 11.5. The summed E-state index contributed by atoms with van der Waals surface area (Å²) in [5, 5.41) is 0. The van der Waals surface area contributed by atoms with Gasteiger partial charge >= 0.3 is 11.9 Å². The van der Waals surface area contributed by atoms with Crippen molar-refractivity contribution in [3.63, 3.8) is 0 Å². The molecular formula is C10H16ClNO4. The van der Waals surface area contributed by atoms with E-state index in [0.29, 0.717) is 25.0 Å². The van der Waals surface area contributed by atoms with Crippen molar-refractivity contribution in [3.8, 4) is 0 Å². The number of quaternary nitrogens is 1. The Bertz CT molecular complexity index is 316. The molecule has 5 nitrogen and oxygen atoms in total. The predicted molar refractivity (Wildman–Crippen MR) is 51.6 cm³/mol. The van der Waals surface area contributed by atoms with Gasteiger partial charge in [0.2, 0.25) is 5.54 Å². The third-order valence-corrected chi connectivity index (χ3v) is 2.42. The molecule has 0 spiro atoms. The maximum atomic E-state index is 11.4. The van der Waals surface area contributed by atoms with Crippen molar-refractivity contribution in [3.05, 3.63) is 11.6 Å². The Morgan fingerprint density at radius 1 is 1.56 bits per heavy atom. The first-order valence-corrected chi connectivity index (χ1v) is 4.83. The van der Waals surface area contributed by atoms with Crippen molar-refractivity contribution in [2.24, 2.45) is 0 Å². The van der Waals surface area contributed by atoms with Crippen LogP contribution in [0.1, 0.15) is 19.8 Å². The van der Waals surface area contributed by atoms with Crippen LogP contribution in [0.25, 0.3) is 0 Å². The summed E-state index contributed by atoms with van der Waals surface area (Å²) in [6, 6.07) is 0. The van der Waals surface area contributed by atoms with Crippen LogP contribution in [0.5, 0.6) is 0 Å². The average molecular weight is 250 g/mol. The van der Waals surface area contributed by atoms with Crippen molar-refractivity contribution in [1.29, 1.82) is 0 Å². The number of esters is 2. The van der Waals surface area contributed by atoms with Gasteiger partial charge in [-0.2, -0.15) is 0 Å². The summed E-state index contributed by atoms with van der Waals surface area (Å²) in [4.78, 5) is 22.8. The van der Waals surface area contributed by atoms with Gasteiger partial charge in [-0.05, 0) is 6.92 Å². The van der Waals surface area contributed by atoms with Gasteiger partial charge in [0.25, 0.3) is 0 Å². The number of carbonyl (C=O) groups excluding carboxylic acids is 2. The average Bonchev–Trinajstić information content (AvgIpc) is 2.61. The van der Waals surface area contributed by atoms with E-state index in [-0.39, 0.29) is 18.4 Å². The fraction of sp³-hybridized carbons (Fsp3) is 0.600. The Morgan fingerprint density at radius 3 is 2.69 bits per heavy atom. The quantitative estimate of drug-likeness (QED) is 0.525. The molecule has 6 heteroatoms. The number of hydrogen-bond donors (Lipinski definition) is 1. The standard InChI is InChI=1S/C10H15NO4.ClH/c1-3-15-8(12)7-4-5-10(11,6-7)9(13)14-2;/h4H,3,5-6,11H2,1-2H3;1H/t10-;/m1./s1. The molecule has 0 radical (unpaired) electrons. The highest BCUT2D eigenvalue weighted by molar-refractivity contribution is 5.92. The van der Waals surface area contributed by atoms with Crippen molar-refractivity contribution < 1.29 is 37.2 Å². The Kier molecular flexibility index (Phi) is 5.47. The molecule has 1 rings (SSSR count). The zero-order valence-corrected chi connectivity index (χ0v) is 10.2. The summed E-state index contributed by atoms with van der Waals surface area (Å²) in [6.07, 6.45) is 2.41. The van der Waals surface area contributed by atoms with Crippen LogP contribution in [0.15, 0.2) is 11.6 Å². The van der Waals surface area contributed by atoms with E-state index in [0.717, 1.165) is 0 Å². The van der Waals surface area contributed by atoms with E-state index >= 15 is 0 Å². The molecule has 0 aliphatic heterocycles. The van der Waals surface area contributed by atoms with E-state index in [9.17, 15) is 9.59 Å². The molecule has 0 aromatic rings. The molecule has 1 atom stereocenters. The van der Waals surface area contributed by atoms with Gasteiger partial charge in [0.05, 0.1) is 13.7 Å². The van der Waals surface area contributed by atoms with Gasteiger partial charge in [-0.15, -0.1) is 0 Å². The molecule has 1 aliphatic carbocycles. The second kappa shape index (κ2) is 5.86. The van der Waals surface area contributed by atoms with Crippen molar-refractivity contribution in [2.45, 2.75) is 25.3 Å². The normalized spacial score (nSPS) is 23.1. The fourth-order valence-electron chi connectivity index (χ4n) is 1.58. The molecule has 0 saturated carbocycles. The zero-order valence-electron chi connectivity index (χ0n) is 9.42. The molecule has 3 N–H and O–H groups in total. The summed E-state index contributed by atoms with van der Waals surface area (Å²) in [6.45, 7) is 2.07. The summed E-state index contributed by atoms with van der Waals surface area (Å²) in [5.41, 5.74) is 3.46. The molecule has 0 aromatic carbocycles. The van der Waals surface area contributed by atoms with Gasteiger partial charge in [-0.1, -0.05) is 6.08 Å². The molecule has 0 heterocycles. The maximum absolute atomic E-state index is 11.4. The molecular weight excluding hydrogens is 234 g/mol. The van der Waals surface area contributed by atoms with Crippen LogP contribution >= 0.6 is 0 Å². The lowest BCUT2D eigenvalue weighted by molar-refractivity contribution is -0.458. The summed E-state index contributed by atoms with van der Waals surface area (Å²) >= 11 is 0. The van der Waals surface area contributed by atoms with Gasteiger partial charge in [-0.3, -0.25) is 0 Å². The first-order chi connectivity index (χ1) is 7.03. The number of ether oxygens (including phenoxy) is 2. The molecule has 92 valence electrons. The first-order valence-electron chi connectivity index (χ1n) is 4.83. The van der Waals surface area contributed by atoms with E-state index < -0.39 is 11.5 Å². The van der Waals surface area contributed by atoms with Crippen LogP contribution in [-0.4, -0.2) is 31.2 Å². The van der Waals surface area contributed by atoms with Gasteiger partial charge < -0.3 is 27.6 Å². The van der Waals surface area contributed by atoms with Crippen LogP contribution in [0.3, 0.4) is 0 Å². The van der Waals surface area contributed by atoms with Gasteiger partial charge in [0, 0.05) is 18.4 Å². The monoisotopic (exact) mass is 249 g/mol. The minimum atomic E-state index is -0.850. The van der Waals surface area contributed by atoms with Crippen LogP contribution in [0.2, 0.25) is 0 Å². The molecule has 0 bridgehead atoms. The molecule has 0 unspecified atom stereocenters. The highest BCUT2D eigenvalue weighted by Crippen LogP contribution is 2.27. The topological polar surface area (TPSA) is 80.2 Å². The van der Waals surface area contributed by atoms with Crippen LogP contribution < -0.4 is 18.1 Å². The molecule has 0 saturated heterocycles. The second-order valence-electron chi connectivity index (χ2n) is 3.60. The number of methoxy groups -OCH3 is 1. The lowest BCUT2D eigenvalue weighted by Crippen LogP contribution is -3.00. The lowest BCUT2D eigenvalue weighted by Gasteiger charge is -2.16. The van der Waals surface area contributed by atoms with Crippen molar-refractivity contribution in [2.75, 3.05) is 13.7 Å². The van der Waals surface area contributed by atoms with Crippen LogP contribution in [0, 0.1) is 0 Å². The third kappa shape index (κ3) is 2.96. The highest BCUT2D eigenvalue weighted by Gasteiger charge is 2.45. The summed E-state index contributed by atoms with van der Waals surface area (Å²) in [5.74, 6) is -0.759. The lowest BCUT2D eigenvalue weighted by atomic mass is 9.97. The summed E-state index contributed by atoms with van der Waals surface area (Å²) < 4.78 is 9.48. The number of carbonyl (C=O) groups is 2. The molecule has 0 fully saturated rings. The molecule has 1 aliphatic rings. The van der Waals surface area contributed by atoms with Gasteiger partial charge in [-0.25, -0.2) is 9.59 Å². The predicted octanol–water partition coefficient (Wildman–Crippen LogP) is -3.57. The third-order valence-electron chi connectivity index (χ3n) is 2.42. The minimum Gasteiger partial charge on any atom is -1.00 e. The second-order valence-corrected chi connectivity index (χ2v) is 3.60. The Hall–Kier alpha value is -1.07. The van der Waals surface area contributed by atoms with Crippen LogP contribution in [-0.2, 0) is 19.1 Å². The SMILES string of the molecule is CCOC(=O)C1=CC[C@]([NH3+])(C(=O)OC)C1.[Cl-]. The number of hydrogen-bond acceptors (Lipinski definition) is 4. The van der Waals surface area contributed by atoms with Gasteiger partial charge in [0.15, 0.2) is 0 Å². The van der Waals surface area contributed by atoms with Gasteiger partial charge in [0.1, 0.15) is 0 Å². The van der Waals surface area contributed by atoms with E-state index in [1.54, 1.807) is 13.0 Å². The number of rotatable bonds is 3. The molecule has 16 heavy (non-hydrogen) atoms. The minimum absolute atomic E-state index is 0. The summed E-state index contributed by atoms with van der Waals surface area (Å²) in [7, 11) is 1.32. The Balaban J connectivity index is 0.00000225. The van der Waals surface area contributed by atoms with E-state index in [4.69, 9.17) is 4.74 Å². The molecule has 0 amide bonds. The van der Waals surface area contributed by atoms with Crippen molar-refractivity contribution >= 4 is 11.9 Å². The number of halogens is 1. The van der Waals surface area contributed by atoms with E-state index in [2.05, 4.69) is 10.5 Å². The van der Waals surface area contributed by atoms with E-state index in [1.807, 2.05) is 0 Å². The largest absolute Gasteiger partial charge is 1.00 e. The van der Waals surface area contributed by atoms with Crippen LogP contribution in [0.4, 0.5) is 0 Å². The smallest absolute Gasteiger partial charge is 0.368 e. The Labute approximate surface area is 100 Å². The highest BCUT2D eigenvalue weighted by atomic mass is 35.5. The maximum Gasteiger partial charge on any atom is 0.368 e. The van der Waals surface area contributed by atoms with Crippen molar-refractivity contribution in [1.82, 2.24) is 0 Å². The fourth-order valence-corrected chi connectivity index (χ4v) is 1.58. The van der Waals surface area contributed by atoms with E-state index in [1.165, 1.54) is 7.11 Å².